The van der Waals surface area contributed by atoms with Gasteiger partial charge in [-0.25, -0.2) is 5.06 Å². The first-order valence-corrected chi connectivity index (χ1v) is 11.7. The number of piperazine rings is 1. The Morgan fingerprint density at radius 3 is 2.67 bits per heavy atom. The second-order valence-corrected chi connectivity index (χ2v) is 9.53. The number of nitrogens with zero attached hydrogens (tertiary/aromatic N) is 5. The van der Waals surface area contributed by atoms with Gasteiger partial charge >= 0.3 is 0 Å². The zero-order valence-corrected chi connectivity index (χ0v) is 20.1. The van der Waals surface area contributed by atoms with Crippen LogP contribution in [0.3, 0.4) is 0 Å². The van der Waals surface area contributed by atoms with Crippen LogP contribution in [0.4, 0.5) is 16.0 Å². The third kappa shape index (κ3) is 6.42. The van der Waals surface area contributed by atoms with Crippen LogP contribution in [0.25, 0.3) is 0 Å². The zero-order valence-electron chi connectivity index (χ0n) is 19.3. The summed E-state index contributed by atoms with van der Waals surface area (Å²) < 4.78 is 15.3. The maximum atomic E-state index is 15.3. The van der Waals surface area contributed by atoms with Crippen LogP contribution in [-0.4, -0.2) is 76.2 Å². The molecule has 2 amide bonds. The Labute approximate surface area is 198 Å². The number of hydrogen-bond donors (Lipinski definition) is 3. The van der Waals surface area contributed by atoms with E-state index in [1.54, 1.807) is 0 Å². The summed E-state index contributed by atoms with van der Waals surface area (Å²) in [6, 6.07) is 0.199. The molecule has 3 N–H and O–H groups in total. The highest BCUT2D eigenvalue weighted by Gasteiger charge is 2.31. The minimum Gasteiger partial charge on any atom is -0.348 e. The lowest BCUT2D eigenvalue weighted by molar-refractivity contribution is -0.154. The maximum Gasteiger partial charge on any atom is 0.243 e. The first kappa shape index (κ1) is 25.4. The van der Waals surface area contributed by atoms with Crippen LogP contribution in [0.2, 0.25) is 5.28 Å². The first-order valence-electron chi connectivity index (χ1n) is 11.4. The number of hydrogen-bond acceptors (Lipinski definition) is 8. The molecule has 2 heterocycles. The van der Waals surface area contributed by atoms with Gasteiger partial charge in [-0.05, 0) is 44.8 Å². The van der Waals surface area contributed by atoms with Gasteiger partial charge in [0.1, 0.15) is 0 Å². The maximum absolute atomic E-state index is 15.3. The summed E-state index contributed by atoms with van der Waals surface area (Å²) in [4.78, 5) is 35.7. The molecule has 2 aliphatic rings. The van der Waals surface area contributed by atoms with Gasteiger partial charge in [-0.15, -0.1) is 0 Å². The Kier molecular flexibility index (Phi) is 8.66. The number of anilines is 2. The van der Waals surface area contributed by atoms with E-state index < -0.39 is 17.6 Å². The van der Waals surface area contributed by atoms with Crippen LogP contribution >= 0.6 is 11.6 Å². The van der Waals surface area contributed by atoms with Crippen molar-refractivity contribution in [1.29, 1.82) is 0 Å². The fourth-order valence-corrected chi connectivity index (χ4v) is 4.85. The summed E-state index contributed by atoms with van der Waals surface area (Å²) in [6.07, 6.45) is 4.99. The van der Waals surface area contributed by atoms with Crippen LogP contribution in [-0.2, 0) is 9.59 Å². The normalized spacial score (nSPS) is 22.8. The van der Waals surface area contributed by atoms with E-state index in [-0.39, 0.29) is 42.0 Å². The molecule has 3 rings (SSSR count). The van der Waals surface area contributed by atoms with Crippen molar-refractivity contribution in [3.63, 3.8) is 0 Å². The lowest BCUT2D eigenvalue weighted by Crippen LogP contribution is -2.55. The van der Waals surface area contributed by atoms with Crippen molar-refractivity contribution in [2.75, 3.05) is 37.0 Å². The molecule has 1 saturated carbocycles. The number of nitrogens with one attached hydrogen (secondary N) is 2. The van der Waals surface area contributed by atoms with Gasteiger partial charge in [0.05, 0.1) is 12.5 Å². The first-order chi connectivity index (χ1) is 15.7. The Bertz CT molecular complexity index is 842. The summed E-state index contributed by atoms with van der Waals surface area (Å²) >= 11 is 6.08. The molecule has 33 heavy (non-hydrogen) atoms. The van der Waals surface area contributed by atoms with Gasteiger partial charge in [0.2, 0.25) is 23.4 Å². The monoisotopic (exact) mass is 485 g/mol. The molecule has 12 heteroatoms. The molecular weight excluding hydrogens is 453 g/mol. The fraction of sp³-hybridized carbons (Fsp3) is 0.714. The van der Waals surface area contributed by atoms with Crippen LogP contribution in [0.5, 0.6) is 0 Å². The second kappa shape index (κ2) is 11.3. The van der Waals surface area contributed by atoms with Crippen LogP contribution in [0, 0.1) is 17.7 Å². The van der Waals surface area contributed by atoms with Gasteiger partial charge < -0.3 is 4.90 Å². The molecule has 1 aromatic rings. The van der Waals surface area contributed by atoms with Crippen molar-refractivity contribution in [2.45, 2.75) is 58.0 Å². The highest BCUT2D eigenvalue weighted by molar-refractivity contribution is 6.28. The zero-order chi connectivity index (χ0) is 24.1. The molecule has 0 spiro atoms. The number of carbonyl (C=O) groups excluding carboxylic acids is 2. The number of hydroxylamine groups is 2. The third-order valence-electron chi connectivity index (χ3n) is 6.67. The summed E-state index contributed by atoms with van der Waals surface area (Å²) in [6.45, 7) is 5.18. The van der Waals surface area contributed by atoms with E-state index in [0.29, 0.717) is 23.9 Å². The number of hydrazine groups is 1. The van der Waals surface area contributed by atoms with E-state index in [1.807, 2.05) is 25.8 Å². The van der Waals surface area contributed by atoms with Crippen LogP contribution in [0.15, 0.2) is 0 Å². The summed E-state index contributed by atoms with van der Waals surface area (Å²) in [7, 11) is 2.02. The Balaban J connectivity index is 1.72. The molecule has 0 bridgehead atoms. The minimum atomic E-state index is -0.715. The molecule has 2 unspecified atom stereocenters. The van der Waals surface area contributed by atoms with Gasteiger partial charge in [0, 0.05) is 25.2 Å². The lowest BCUT2D eigenvalue weighted by Gasteiger charge is -2.43. The molecular formula is C21H33ClFN7O3. The number of likely N-dealkylation sites (N-methyl/N-ethyl adjacent to an activating group) is 1. The van der Waals surface area contributed by atoms with E-state index >= 15 is 4.39 Å². The summed E-state index contributed by atoms with van der Waals surface area (Å²) in [5, 5.41) is 9.93. The van der Waals surface area contributed by atoms with Crippen molar-refractivity contribution in [3.05, 3.63) is 11.1 Å². The molecule has 0 radical (unpaired) electrons. The fourth-order valence-electron chi connectivity index (χ4n) is 4.68. The van der Waals surface area contributed by atoms with E-state index in [2.05, 4.69) is 25.7 Å². The molecule has 1 aliphatic heterocycles. The molecule has 1 aliphatic carbocycles. The van der Waals surface area contributed by atoms with Gasteiger partial charge in [-0.2, -0.15) is 14.4 Å². The van der Waals surface area contributed by atoms with E-state index in [4.69, 9.17) is 11.6 Å². The van der Waals surface area contributed by atoms with Gasteiger partial charge in [-0.3, -0.25) is 30.5 Å². The van der Waals surface area contributed by atoms with Crippen molar-refractivity contribution < 1.29 is 19.2 Å². The van der Waals surface area contributed by atoms with Crippen molar-refractivity contribution in [1.82, 2.24) is 25.4 Å². The molecule has 10 nitrogen and oxygen atoms in total. The number of carbonyl (C=O) groups is 2. The number of amides is 2. The van der Waals surface area contributed by atoms with Gasteiger partial charge in [-0.1, -0.05) is 25.7 Å². The van der Waals surface area contributed by atoms with E-state index in [1.165, 1.54) is 0 Å². The van der Waals surface area contributed by atoms with E-state index in [0.717, 1.165) is 32.2 Å². The van der Waals surface area contributed by atoms with Gasteiger partial charge in [0.25, 0.3) is 0 Å². The van der Waals surface area contributed by atoms with Gasteiger partial charge in [0.15, 0.2) is 11.6 Å². The third-order valence-corrected chi connectivity index (χ3v) is 6.84. The predicted octanol–water partition coefficient (Wildman–Crippen LogP) is 2.29. The molecule has 0 aromatic carbocycles. The Morgan fingerprint density at radius 1 is 1.30 bits per heavy atom. The number of aromatic nitrogens is 2. The minimum absolute atomic E-state index is 0.00350. The smallest absolute Gasteiger partial charge is 0.243 e. The molecule has 1 aromatic heterocycles. The number of halogens is 2. The summed E-state index contributed by atoms with van der Waals surface area (Å²) in [5.41, 5.74) is 5.00. The predicted molar refractivity (Wildman–Crippen MR) is 122 cm³/mol. The molecule has 2 fully saturated rings. The van der Waals surface area contributed by atoms with Crippen molar-refractivity contribution in [3.8, 4) is 0 Å². The topological polar surface area (TPSA) is 114 Å². The number of rotatable bonds is 9. The Morgan fingerprint density at radius 2 is 2.00 bits per heavy atom. The molecule has 184 valence electrons. The van der Waals surface area contributed by atoms with Crippen molar-refractivity contribution >= 4 is 35.6 Å². The second-order valence-electron chi connectivity index (χ2n) is 9.19. The highest BCUT2D eigenvalue weighted by Crippen LogP contribution is 2.31. The standard InChI is InChI=1S/C21H33ClFN7O3/c1-13-10-30(14(2)9-28(13)3)19-17(23)18(24-21(22)25-19)26-27-20(32)16(11-29(33)12-31)8-15-6-4-5-7-15/h12-16,33H,4-11H2,1-3H3,(H,27,32)(H,24,25,26)/t13?,14?,16-/m1/s1. The average Bonchev–Trinajstić information content (AvgIpc) is 3.29. The molecule has 3 atom stereocenters. The lowest BCUT2D eigenvalue weighted by atomic mass is 9.92. The highest BCUT2D eigenvalue weighted by atomic mass is 35.5. The van der Waals surface area contributed by atoms with E-state index in [9.17, 15) is 14.8 Å². The Hall–Kier alpha value is -2.24. The van der Waals surface area contributed by atoms with Crippen molar-refractivity contribution in [2.24, 2.45) is 11.8 Å². The SMILES string of the molecule is CC1CN(c2nc(Cl)nc(NNC(=O)[C@H](CC3CCCC3)CN(O)C=O)c2F)C(C)CN1C. The van der Waals surface area contributed by atoms with Crippen LogP contribution < -0.4 is 15.8 Å². The quantitative estimate of drug-likeness (QED) is 0.211. The average molecular weight is 486 g/mol. The summed E-state index contributed by atoms with van der Waals surface area (Å²) in [5.74, 6) is -1.67. The van der Waals surface area contributed by atoms with Crippen LogP contribution in [0.1, 0.15) is 46.0 Å². The molecule has 1 saturated heterocycles. The largest absolute Gasteiger partial charge is 0.348 e.